The zero-order chi connectivity index (χ0) is 22.9. The maximum absolute atomic E-state index is 11.3. The van der Waals surface area contributed by atoms with Gasteiger partial charge in [0.25, 0.3) is 0 Å². The number of hydrogen-bond donors (Lipinski definition) is 3. The summed E-state index contributed by atoms with van der Waals surface area (Å²) in [6.45, 7) is 1.39. The molecule has 2 aromatic heterocycles. The van der Waals surface area contributed by atoms with Gasteiger partial charge < -0.3 is 19.6 Å². The lowest BCUT2D eigenvalue weighted by Crippen LogP contribution is -2.99. The van der Waals surface area contributed by atoms with Crippen molar-refractivity contribution in [3.63, 3.8) is 0 Å². The first-order chi connectivity index (χ1) is 16.0. The third-order valence-corrected chi connectivity index (χ3v) is 5.93. The smallest absolute Gasteiger partial charge is 0.244 e. The Labute approximate surface area is 190 Å². The van der Waals surface area contributed by atoms with Crippen molar-refractivity contribution in [2.45, 2.75) is 25.6 Å². The van der Waals surface area contributed by atoms with E-state index in [2.05, 4.69) is 54.2 Å². The highest BCUT2D eigenvalue weighted by molar-refractivity contribution is 5.58. The number of anilines is 1. The van der Waals surface area contributed by atoms with Crippen LogP contribution in [0.15, 0.2) is 59.4 Å². The minimum absolute atomic E-state index is 0.141. The highest BCUT2D eigenvalue weighted by atomic mass is 16.8. The molecule has 10 nitrogen and oxygen atoms in total. The summed E-state index contributed by atoms with van der Waals surface area (Å²) in [5.41, 5.74) is 5.20. The number of benzene rings is 2. The summed E-state index contributed by atoms with van der Waals surface area (Å²) in [6, 6.07) is 14.9. The molecule has 0 spiro atoms. The molecule has 0 amide bonds. The van der Waals surface area contributed by atoms with Gasteiger partial charge in [0.15, 0.2) is 5.69 Å². The molecule has 0 bridgehead atoms. The van der Waals surface area contributed by atoms with Crippen molar-refractivity contribution in [1.29, 1.82) is 0 Å². The van der Waals surface area contributed by atoms with Crippen LogP contribution in [0.4, 0.5) is 11.4 Å². The zero-order valence-corrected chi connectivity index (χ0v) is 18.4. The molecule has 3 N–H and O–H groups in total. The fraction of sp³-hybridized carbons (Fsp3) is 0.261. The van der Waals surface area contributed by atoms with Crippen molar-refractivity contribution in [1.82, 2.24) is 25.0 Å². The van der Waals surface area contributed by atoms with Crippen molar-refractivity contribution in [3.05, 3.63) is 82.9 Å². The van der Waals surface area contributed by atoms with Gasteiger partial charge in [0.05, 0.1) is 23.8 Å². The van der Waals surface area contributed by atoms with Gasteiger partial charge in [-0.25, -0.2) is 10.2 Å². The largest absolute Gasteiger partial charge is 0.595 e. The number of hydrogen-bond acceptors (Lipinski definition) is 8. The number of nitrogens with one attached hydrogen (secondary N) is 2. The zero-order valence-electron chi connectivity index (χ0n) is 18.4. The molecule has 0 saturated carbocycles. The highest BCUT2D eigenvalue weighted by Crippen LogP contribution is 2.33. The van der Waals surface area contributed by atoms with Gasteiger partial charge in [-0.1, -0.05) is 29.4 Å². The Kier molecular flexibility index (Phi) is 5.65. The van der Waals surface area contributed by atoms with Gasteiger partial charge in [0.2, 0.25) is 11.7 Å². The summed E-state index contributed by atoms with van der Waals surface area (Å²) in [7, 11) is 4.05. The quantitative estimate of drug-likeness (QED) is 0.385. The lowest BCUT2D eigenvalue weighted by atomic mass is 10.0. The number of aromatic amines is 1. The van der Waals surface area contributed by atoms with Crippen LogP contribution in [0, 0.1) is 5.21 Å². The average molecular weight is 447 g/mol. The molecule has 1 aliphatic heterocycles. The number of rotatable bonds is 6. The summed E-state index contributed by atoms with van der Waals surface area (Å²) in [5, 5.41) is 23.7. The Bertz CT molecular complexity index is 1230. The van der Waals surface area contributed by atoms with Gasteiger partial charge in [-0.3, -0.25) is 4.90 Å². The summed E-state index contributed by atoms with van der Waals surface area (Å²) < 4.78 is 5.67. The summed E-state index contributed by atoms with van der Waals surface area (Å²) in [4.78, 5) is 16.7. The van der Waals surface area contributed by atoms with Gasteiger partial charge >= 0.3 is 0 Å². The van der Waals surface area contributed by atoms with Crippen molar-refractivity contribution in [2.75, 3.05) is 19.0 Å². The second kappa shape index (κ2) is 8.75. The molecule has 2 atom stereocenters. The molecule has 0 fully saturated rings. The van der Waals surface area contributed by atoms with E-state index in [1.807, 2.05) is 14.1 Å². The van der Waals surface area contributed by atoms with Crippen molar-refractivity contribution >= 4 is 11.4 Å². The van der Waals surface area contributed by atoms with Gasteiger partial charge in [0, 0.05) is 57.0 Å². The van der Waals surface area contributed by atoms with Crippen LogP contribution in [-0.4, -0.2) is 44.3 Å². The van der Waals surface area contributed by atoms with Crippen molar-refractivity contribution in [3.8, 4) is 11.4 Å². The third-order valence-electron chi connectivity index (χ3n) is 5.93. The minimum atomic E-state index is -0.995. The number of fused-ring (bicyclic) bond motifs is 1. The van der Waals surface area contributed by atoms with E-state index in [1.165, 1.54) is 11.6 Å². The maximum Gasteiger partial charge on any atom is 0.244 e. The van der Waals surface area contributed by atoms with E-state index in [-0.39, 0.29) is 11.7 Å². The second-order valence-electron chi connectivity index (χ2n) is 8.36. The van der Waals surface area contributed by atoms with Gasteiger partial charge in [-0.15, -0.1) is 0 Å². The van der Waals surface area contributed by atoms with E-state index in [9.17, 15) is 10.4 Å². The topological polar surface area (TPSA) is 122 Å². The SMILES string of the molecule is CN(C)c1ccc(CN2Cc3[nH]cnc3C[C@H]2c2nc(-c3cccc([NH+]([O-])O)c3)no2)cc1. The molecule has 3 heterocycles. The number of H-pyrrole nitrogens is 1. The lowest BCUT2D eigenvalue weighted by molar-refractivity contribution is -0.991. The minimum Gasteiger partial charge on any atom is -0.595 e. The van der Waals surface area contributed by atoms with E-state index in [4.69, 9.17) is 4.52 Å². The van der Waals surface area contributed by atoms with Crippen LogP contribution in [0.5, 0.6) is 0 Å². The van der Waals surface area contributed by atoms with Gasteiger partial charge in [-0.05, 0) is 17.7 Å². The second-order valence-corrected chi connectivity index (χ2v) is 8.36. The maximum atomic E-state index is 11.3. The normalized spacial score (nSPS) is 17.0. The van der Waals surface area contributed by atoms with E-state index in [0.717, 1.165) is 17.1 Å². The standard InChI is InChI=1S/C23H25N7O3/c1-28(2)17-8-6-15(7-9-17)12-29-13-20-19(24-14-25-20)11-21(29)23-26-22(27-33-23)16-4-3-5-18(10-16)30(31)32/h3-10,14,21,30-31H,11-13H2,1-2H3,(H,24,25)/t21-/m0/s1. The van der Waals surface area contributed by atoms with Crippen LogP contribution < -0.4 is 10.1 Å². The van der Waals surface area contributed by atoms with Gasteiger partial charge in [0.1, 0.15) is 0 Å². The number of nitrogens with zero attached hydrogens (tertiary/aromatic N) is 5. The number of imidazole rings is 1. The molecule has 2 aromatic carbocycles. The molecule has 4 aromatic rings. The van der Waals surface area contributed by atoms with Crippen LogP contribution in [0.2, 0.25) is 0 Å². The summed E-state index contributed by atoms with van der Waals surface area (Å²) >= 11 is 0. The number of quaternary nitrogens is 1. The number of aromatic nitrogens is 4. The van der Waals surface area contributed by atoms with Crippen LogP contribution in [0.3, 0.4) is 0 Å². The first kappa shape index (κ1) is 21.3. The van der Waals surface area contributed by atoms with Gasteiger partial charge in [-0.2, -0.15) is 10.2 Å². The first-order valence-corrected chi connectivity index (χ1v) is 10.7. The predicted octanol–water partition coefficient (Wildman–Crippen LogP) is 2.23. The Balaban J connectivity index is 1.43. The Morgan fingerprint density at radius 2 is 2.06 bits per heavy atom. The molecule has 0 aliphatic carbocycles. The fourth-order valence-corrected chi connectivity index (χ4v) is 4.11. The van der Waals surface area contributed by atoms with E-state index < -0.39 is 5.23 Å². The van der Waals surface area contributed by atoms with Crippen LogP contribution >= 0.6 is 0 Å². The van der Waals surface area contributed by atoms with E-state index in [1.54, 1.807) is 24.5 Å². The highest BCUT2D eigenvalue weighted by Gasteiger charge is 2.33. The Hall–Kier alpha value is -3.57. The molecule has 170 valence electrons. The third kappa shape index (κ3) is 4.37. The van der Waals surface area contributed by atoms with Crippen LogP contribution in [0.1, 0.15) is 28.9 Å². The Morgan fingerprint density at radius 3 is 2.82 bits per heavy atom. The molecule has 1 aliphatic rings. The monoisotopic (exact) mass is 447 g/mol. The summed E-state index contributed by atoms with van der Waals surface area (Å²) in [6.07, 6.45) is 2.36. The molecule has 0 radical (unpaired) electrons. The van der Waals surface area contributed by atoms with Crippen LogP contribution in [0.25, 0.3) is 11.4 Å². The summed E-state index contributed by atoms with van der Waals surface area (Å²) in [5.74, 6) is 0.862. The molecular formula is C23H25N7O3. The molecule has 10 heteroatoms. The molecule has 1 unspecified atom stereocenters. The molecule has 33 heavy (non-hydrogen) atoms. The Morgan fingerprint density at radius 1 is 1.24 bits per heavy atom. The van der Waals surface area contributed by atoms with Crippen molar-refractivity contribution in [2.24, 2.45) is 0 Å². The average Bonchev–Trinajstić information content (AvgIpc) is 3.48. The predicted molar refractivity (Wildman–Crippen MR) is 121 cm³/mol. The van der Waals surface area contributed by atoms with E-state index in [0.29, 0.717) is 36.8 Å². The lowest BCUT2D eigenvalue weighted by Gasteiger charge is -2.32. The van der Waals surface area contributed by atoms with E-state index >= 15 is 0 Å². The van der Waals surface area contributed by atoms with Crippen molar-refractivity contribution < 1.29 is 15.0 Å². The molecule has 5 rings (SSSR count). The fourth-order valence-electron chi connectivity index (χ4n) is 4.11. The molecule has 0 saturated heterocycles. The van der Waals surface area contributed by atoms with Crippen LogP contribution in [-0.2, 0) is 19.5 Å². The molecular weight excluding hydrogens is 422 g/mol. The first-order valence-electron chi connectivity index (χ1n) is 10.7.